The number of rotatable bonds is 2. The summed E-state index contributed by atoms with van der Waals surface area (Å²) in [5.41, 5.74) is 1.10. The average molecular weight is 317 g/mol. The number of thioether (sulfide) groups is 1. The second-order valence-corrected chi connectivity index (χ2v) is 5.68. The molecule has 2 amide bonds. The van der Waals surface area contributed by atoms with Crippen LogP contribution in [0, 0.1) is 0 Å². The Bertz CT molecular complexity index is 746. The van der Waals surface area contributed by atoms with Crippen molar-refractivity contribution >= 4 is 46.3 Å². The topological polar surface area (TPSA) is 50.3 Å². The van der Waals surface area contributed by atoms with E-state index in [2.05, 4.69) is 4.98 Å². The number of aromatic nitrogens is 1. The zero-order valence-electron chi connectivity index (χ0n) is 10.7. The summed E-state index contributed by atoms with van der Waals surface area (Å²) in [6.07, 6.45) is 3.24. The summed E-state index contributed by atoms with van der Waals surface area (Å²) in [7, 11) is 0. The van der Waals surface area contributed by atoms with Gasteiger partial charge in [-0.05, 0) is 48.2 Å². The summed E-state index contributed by atoms with van der Waals surface area (Å²) in [5, 5.41) is 0.129. The number of benzene rings is 1. The first-order chi connectivity index (χ1) is 10.1. The van der Waals surface area contributed by atoms with Crippen LogP contribution in [0.15, 0.2) is 53.6 Å². The minimum atomic E-state index is -0.363. The molecule has 21 heavy (non-hydrogen) atoms. The minimum absolute atomic E-state index is 0.343. The normalized spacial score (nSPS) is 16.8. The molecule has 104 valence electrons. The molecule has 0 aliphatic carbocycles. The quantitative estimate of drug-likeness (QED) is 0.786. The first-order valence-electron chi connectivity index (χ1n) is 6.10. The van der Waals surface area contributed by atoms with Gasteiger partial charge in [-0.15, -0.1) is 0 Å². The molecule has 3 rings (SSSR count). The van der Waals surface area contributed by atoms with E-state index in [9.17, 15) is 9.59 Å². The van der Waals surface area contributed by atoms with Crippen molar-refractivity contribution in [2.75, 3.05) is 4.90 Å². The lowest BCUT2D eigenvalue weighted by Gasteiger charge is -2.12. The van der Waals surface area contributed by atoms with Crippen LogP contribution in [0.3, 0.4) is 0 Å². The summed E-state index contributed by atoms with van der Waals surface area (Å²) >= 11 is 6.80. The monoisotopic (exact) mass is 316 g/mol. The van der Waals surface area contributed by atoms with Gasteiger partial charge in [-0.25, -0.2) is 4.90 Å². The first kappa shape index (κ1) is 13.9. The SMILES string of the molecule is O=C1S/C(=C/c2ccccn2)C(=O)N1c1cccc(Cl)c1. The zero-order valence-corrected chi connectivity index (χ0v) is 12.3. The van der Waals surface area contributed by atoms with Crippen molar-refractivity contribution in [3.63, 3.8) is 0 Å². The van der Waals surface area contributed by atoms with Gasteiger partial charge in [0.15, 0.2) is 0 Å². The van der Waals surface area contributed by atoms with Crippen LogP contribution in [0.25, 0.3) is 6.08 Å². The number of hydrogen-bond acceptors (Lipinski definition) is 4. The maximum atomic E-state index is 12.4. The molecule has 0 spiro atoms. The largest absolute Gasteiger partial charge is 0.298 e. The van der Waals surface area contributed by atoms with Gasteiger partial charge in [0.05, 0.1) is 16.3 Å². The molecule has 0 bridgehead atoms. The summed E-state index contributed by atoms with van der Waals surface area (Å²) in [6, 6.07) is 12.0. The Morgan fingerprint density at radius 2 is 2.00 bits per heavy atom. The minimum Gasteiger partial charge on any atom is -0.268 e. The summed E-state index contributed by atoms with van der Waals surface area (Å²) in [5.74, 6) is -0.363. The molecular weight excluding hydrogens is 308 g/mol. The Hall–Kier alpha value is -2.11. The van der Waals surface area contributed by atoms with Crippen LogP contribution in [0.5, 0.6) is 0 Å². The van der Waals surface area contributed by atoms with Crippen LogP contribution in [-0.2, 0) is 4.79 Å². The number of carbonyl (C=O) groups excluding carboxylic acids is 2. The standard InChI is InChI=1S/C15H9ClN2O2S/c16-10-4-3-6-12(8-10)18-14(19)13(21-15(18)20)9-11-5-1-2-7-17-11/h1-9H/b13-9+. The van der Waals surface area contributed by atoms with Crippen LogP contribution in [-0.4, -0.2) is 16.1 Å². The smallest absolute Gasteiger partial charge is 0.268 e. The molecule has 6 heteroatoms. The number of halogens is 1. The Labute approximate surface area is 130 Å². The molecule has 0 unspecified atom stereocenters. The molecule has 1 aliphatic rings. The molecule has 0 radical (unpaired) electrons. The van der Waals surface area contributed by atoms with Crippen molar-refractivity contribution in [1.82, 2.24) is 4.98 Å². The summed E-state index contributed by atoms with van der Waals surface area (Å²) in [4.78, 5) is 30.0. The maximum Gasteiger partial charge on any atom is 0.298 e. The van der Waals surface area contributed by atoms with E-state index in [-0.39, 0.29) is 11.1 Å². The van der Waals surface area contributed by atoms with Crippen LogP contribution >= 0.6 is 23.4 Å². The molecule has 2 heterocycles. The third-order valence-electron chi connectivity index (χ3n) is 2.83. The molecule has 4 nitrogen and oxygen atoms in total. The molecule has 0 N–H and O–H groups in total. The van der Waals surface area contributed by atoms with Crippen LogP contribution in [0.1, 0.15) is 5.69 Å². The van der Waals surface area contributed by atoms with Gasteiger partial charge in [-0.2, -0.15) is 0 Å². The Morgan fingerprint density at radius 3 is 2.71 bits per heavy atom. The summed E-state index contributed by atoms with van der Waals surface area (Å²) < 4.78 is 0. The number of hydrogen-bond donors (Lipinski definition) is 0. The van der Waals surface area contributed by atoms with E-state index in [0.29, 0.717) is 21.3 Å². The average Bonchev–Trinajstić information content (AvgIpc) is 2.74. The van der Waals surface area contributed by atoms with E-state index < -0.39 is 0 Å². The lowest BCUT2D eigenvalue weighted by Crippen LogP contribution is -2.27. The highest BCUT2D eigenvalue weighted by atomic mass is 35.5. The molecule has 0 saturated carbocycles. The predicted molar refractivity (Wildman–Crippen MR) is 84.1 cm³/mol. The van der Waals surface area contributed by atoms with Crippen LogP contribution < -0.4 is 4.90 Å². The first-order valence-corrected chi connectivity index (χ1v) is 7.29. The van der Waals surface area contributed by atoms with E-state index in [1.807, 2.05) is 6.07 Å². The predicted octanol–water partition coefficient (Wildman–Crippen LogP) is 3.98. The number of nitrogens with zero attached hydrogens (tertiary/aromatic N) is 2. The second kappa shape index (κ2) is 5.71. The molecule has 0 atom stereocenters. The van der Waals surface area contributed by atoms with E-state index >= 15 is 0 Å². The highest BCUT2D eigenvalue weighted by Gasteiger charge is 2.36. The van der Waals surface area contributed by atoms with Gasteiger partial charge >= 0.3 is 0 Å². The molecule has 2 aromatic rings. The number of imide groups is 1. The third-order valence-corrected chi connectivity index (χ3v) is 3.93. The van der Waals surface area contributed by atoms with E-state index in [1.54, 1.807) is 48.7 Å². The van der Waals surface area contributed by atoms with Crippen molar-refractivity contribution in [3.05, 3.63) is 64.3 Å². The van der Waals surface area contributed by atoms with Gasteiger partial charge in [0.1, 0.15) is 0 Å². The zero-order chi connectivity index (χ0) is 14.8. The lowest BCUT2D eigenvalue weighted by molar-refractivity contribution is -0.113. The maximum absolute atomic E-state index is 12.4. The molecule has 1 aromatic heterocycles. The third kappa shape index (κ3) is 2.84. The summed E-state index contributed by atoms with van der Waals surface area (Å²) in [6.45, 7) is 0. The van der Waals surface area contributed by atoms with Crippen molar-refractivity contribution < 1.29 is 9.59 Å². The van der Waals surface area contributed by atoms with Gasteiger partial charge in [0.2, 0.25) is 0 Å². The van der Waals surface area contributed by atoms with Gasteiger partial charge in [-0.3, -0.25) is 14.6 Å². The molecule has 1 aromatic carbocycles. The fourth-order valence-electron chi connectivity index (χ4n) is 1.90. The molecular formula is C15H9ClN2O2S. The van der Waals surface area contributed by atoms with E-state index in [0.717, 1.165) is 16.7 Å². The highest BCUT2D eigenvalue weighted by Crippen LogP contribution is 2.36. The Morgan fingerprint density at radius 1 is 1.14 bits per heavy atom. The molecule has 1 saturated heterocycles. The van der Waals surface area contributed by atoms with Crippen molar-refractivity contribution in [2.24, 2.45) is 0 Å². The van der Waals surface area contributed by atoms with E-state index in [1.165, 1.54) is 0 Å². The van der Waals surface area contributed by atoms with Crippen LogP contribution in [0.2, 0.25) is 5.02 Å². The number of carbonyl (C=O) groups is 2. The number of amides is 2. The Kier molecular flexibility index (Phi) is 3.77. The number of pyridine rings is 1. The van der Waals surface area contributed by atoms with Gasteiger partial charge in [0.25, 0.3) is 11.1 Å². The highest BCUT2D eigenvalue weighted by molar-refractivity contribution is 8.19. The van der Waals surface area contributed by atoms with Gasteiger partial charge < -0.3 is 0 Å². The fraction of sp³-hybridized carbons (Fsp3) is 0. The number of anilines is 1. The molecule has 1 fully saturated rings. The Balaban J connectivity index is 1.94. The van der Waals surface area contributed by atoms with Gasteiger partial charge in [0, 0.05) is 11.2 Å². The van der Waals surface area contributed by atoms with E-state index in [4.69, 9.17) is 11.6 Å². The van der Waals surface area contributed by atoms with Gasteiger partial charge in [-0.1, -0.05) is 23.7 Å². The molecule has 1 aliphatic heterocycles. The lowest BCUT2D eigenvalue weighted by atomic mass is 10.2. The van der Waals surface area contributed by atoms with Crippen molar-refractivity contribution in [3.8, 4) is 0 Å². The van der Waals surface area contributed by atoms with Crippen molar-refractivity contribution in [2.45, 2.75) is 0 Å². The fourth-order valence-corrected chi connectivity index (χ4v) is 2.91. The van der Waals surface area contributed by atoms with Crippen LogP contribution in [0.4, 0.5) is 10.5 Å². The van der Waals surface area contributed by atoms with Crippen molar-refractivity contribution in [1.29, 1.82) is 0 Å². The second-order valence-electron chi connectivity index (χ2n) is 4.25.